The fourth-order valence-corrected chi connectivity index (χ4v) is 2.72. The van der Waals surface area contributed by atoms with Crippen LogP contribution in [0.1, 0.15) is 61.3 Å². The van der Waals surface area contributed by atoms with Crippen LogP contribution in [0.25, 0.3) is 0 Å². The molecule has 1 aliphatic rings. The largest absolute Gasteiger partial charge is 0.384 e. The topological polar surface area (TPSA) is 20.2 Å². The third-order valence-electron chi connectivity index (χ3n) is 3.91. The van der Waals surface area contributed by atoms with E-state index in [1.54, 1.807) is 0 Å². The van der Waals surface area contributed by atoms with Crippen LogP contribution < -0.4 is 0 Å². The molecule has 2 rings (SSSR count). The van der Waals surface area contributed by atoms with Crippen LogP contribution in [0.15, 0.2) is 29.8 Å². The zero-order chi connectivity index (χ0) is 13.0. The highest BCUT2D eigenvalue weighted by molar-refractivity contribution is 5.36. The van der Waals surface area contributed by atoms with E-state index in [2.05, 4.69) is 38.1 Å². The summed E-state index contributed by atoms with van der Waals surface area (Å²) >= 11 is 0. The number of rotatable bonds is 2. The average Bonchev–Trinajstić information content (AvgIpc) is 2.31. The van der Waals surface area contributed by atoms with Crippen LogP contribution >= 0.6 is 0 Å². The fraction of sp³-hybridized carbons (Fsp3) is 0.529. The van der Waals surface area contributed by atoms with Gasteiger partial charge in [-0.15, -0.1) is 0 Å². The zero-order valence-electron chi connectivity index (χ0n) is 11.6. The number of hydrogen-bond acceptors (Lipinski definition) is 1. The molecule has 0 spiro atoms. The maximum absolute atomic E-state index is 10.6. The van der Waals surface area contributed by atoms with E-state index in [1.165, 1.54) is 42.4 Å². The predicted octanol–water partition coefficient (Wildman–Crippen LogP) is 4.62. The van der Waals surface area contributed by atoms with E-state index in [0.29, 0.717) is 0 Å². The van der Waals surface area contributed by atoms with Crippen molar-refractivity contribution in [1.29, 1.82) is 0 Å². The summed E-state index contributed by atoms with van der Waals surface area (Å²) in [5, 5.41) is 10.6. The first-order chi connectivity index (χ1) is 8.68. The molecule has 1 N–H and O–H groups in total. The van der Waals surface area contributed by atoms with Gasteiger partial charge in [-0.1, -0.05) is 42.7 Å². The Bertz CT molecular complexity index is 431. The molecule has 0 radical (unpaired) electrons. The standard InChI is InChI=1S/C17H24O/c1-13-10-11-14(2)16(12-13)17(18)15-8-6-4-3-5-7-9-15/h8,10-12,17-18H,3-7,9H2,1-2H3/b15-8+. The highest BCUT2D eigenvalue weighted by atomic mass is 16.3. The van der Waals surface area contributed by atoms with Gasteiger partial charge in [-0.3, -0.25) is 0 Å². The smallest absolute Gasteiger partial charge is 0.100 e. The number of allylic oxidation sites excluding steroid dienone is 1. The number of aryl methyl sites for hydroxylation is 2. The van der Waals surface area contributed by atoms with Crippen molar-refractivity contribution in [2.24, 2.45) is 0 Å². The van der Waals surface area contributed by atoms with E-state index in [0.717, 1.165) is 18.4 Å². The molecule has 0 aliphatic heterocycles. The molecule has 0 fully saturated rings. The van der Waals surface area contributed by atoms with E-state index < -0.39 is 6.10 Å². The van der Waals surface area contributed by atoms with Gasteiger partial charge in [0.2, 0.25) is 0 Å². The fourth-order valence-electron chi connectivity index (χ4n) is 2.72. The highest BCUT2D eigenvalue weighted by Gasteiger charge is 2.16. The monoisotopic (exact) mass is 244 g/mol. The van der Waals surface area contributed by atoms with E-state index in [-0.39, 0.29) is 0 Å². The first kappa shape index (κ1) is 13.4. The first-order valence-electron chi connectivity index (χ1n) is 7.12. The number of hydrogen-bond donors (Lipinski definition) is 1. The summed E-state index contributed by atoms with van der Waals surface area (Å²) in [6.45, 7) is 4.17. The van der Waals surface area contributed by atoms with Crippen LogP contribution in [0.5, 0.6) is 0 Å². The van der Waals surface area contributed by atoms with Crippen molar-refractivity contribution in [3.63, 3.8) is 0 Å². The summed E-state index contributed by atoms with van der Waals surface area (Å²) in [4.78, 5) is 0. The normalized spacial score (nSPS) is 21.6. The molecule has 0 aromatic heterocycles. The van der Waals surface area contributed by atoms with Gasteiger partial charge in [0.1, 0.15) is 6.10 Å². The van der Waals surface area contributed by atoms with Gasteiger partial charge < -0.3 is 5.11 Å². The minimum absolute atomic E-state index is 0.400. The SMILES string of the molecule is Cc1ccc(C)c(C(O)/C2=C/CCCCCC2)c1. The quantitative estimate of drug-likeness (QED) is 0.753. The molecule has 1 aliphatic carbocycles. The van der Waals surface area contributed by atoms with E-state index in [4.69, 9.17) is 0 Å². The summed E-state index contributed by atoms with van der Waals surface area (Å²) < 4.78 is 0. The zero-order valence-corrected chi connectivity index (χ0v) is 11.6. The Morgan fingerprint density at radius 2 is 1.83 bits per heavy atom. The van der Waals surface area contributed by atoms with Gasteiger partial charge >= 0.3 is 0 Å². The molecule has 0 saturated heterocycles. The lowest BCUT2D eigenvalue weighted by Gasteiger charge is -2.20. The molecule has 0 bridgehead atoms. The summed E-state index contributed by atoms with van der Waals surface area (Å²) in [5.41, 5.74) is 4.72. The Hall–Kier alpha value is -1.08. The van der Waals surface area contributed by atoms with Crippen LogP contribution in [0.2, 0.25) is 0 Å². The summed E-state index contributed by atoms with van der Waals surface area (Å²) in [6.07, 6.45) is 9.16. The molecule has 0 heterocycles. The van der Waals surface area contributed by atoms with Crippen LogP contribution in [-0.2, 0) is 0 Å². The van der Waals surface area contributed by atoms with Gasteiger partial charge in [0.05, 0.1) is 0 Å². The molecule has 0 amide bonds. The Morgan fingerprint density at radius 1 is 1.06 bits per heavy atom. The average molecular weight is 244 g/mol. The maximum atomic E-state index is 10.6. The lowest BCUT2D eigenvalue weighted by molar-refractivity contribution is 0.208. The minimum Gasteiger partial charge on any atom is -0.384 e. The van der Waals surface area contributed by atoms with Gasteiger partial charge in [-0.05, 0) is 56.2 Å². The van der Waals surface area contributed by atoms with Crippen molar-refractivity contribution in [3.05, 3.63) is 46.5 Å². The van der Waals surface area contributed by atoms with Crippen molar-refractivity contribution in [2.45, 2.75) is 58.5 Å². The van der Waals surface area contributed by atoms with Crippen LogP contribution in [0.3, 0.4) is 0 Å². The van der Waals surface area contributed by atoms with Crippen molar-refractivity contribution in [2.75, 3.05) is 0 Å². The maximum Gasteiger partial charge on any atom is 0.100 e. The van der Waals surface area contributed by atoms with Crippen molar-refractivity contribution in [3.8, 4) is 0 Å². The van der Waals surface area contributed by atoms with E-state index in [9.17, 15) is 5.11 Å². The van der Waals surface area contributed by atoms with Crippen LogP contribution in [-0.4, -0.2) is 5.11 Å². The molecular weight excluding hydrogens is 220 g/mol. The second kappa shape index (κ2) is 6.19. The second-order valence-corrected chi connectivity index (χ2v) is 5.49. The molecular formula is C17H24O. The molecule has 98 valence electrons. The molecule has 1 aromatic carbocycles. The Labute approximate surface area is 111 Å². The van der Waals surface area contributed by atoms with Crippen molar-refractivity contribution in [1.82, 2.24) is 0 Å². The van der Waals surface area contributed by atoms with Crippen molar-refractivity contribution < 1.29 is 5.11 Å². The number of benzene rings is 1. The molecule has 1 heteroatoms. The molecule has 1 nitrogen and oxygen atoms in total. The third kappa shape index (κ3) is 3.23. The second-order valence-electron chi connectivity index (χ2n) is 5.49. The van der Waals surface area contributed by atoms with Gasteiger partial charge in [-0.2, -0.15) is 0 Å². The van der Waals surface area contributed by atoms with E-state index in [1.807, 2.05) is 0 Å². The van der Waals surface area contributed by atoms with Gasteiger partial charge in [0, 0.05) is 0 Å². The molecule has 0 saturated carbocycles. The van der Waals surface area contributed by atoms with Gasteiger partial charge in [0.15, 0.2) is 0 Å². The summed E-state index contributed by atoms with van der Waals surface area (Å²) in [5.74, 6) is 0. The van der Waals surface area contributed by atoms with Gasteiger partial charge in [0.25, 0.3) is 0 Å². The number of aliphatic hydroxyl groups excluding tert-OH is 1. The summed E-state index contributed by atoms with van der Waals surface area (Å²) in [7, 11) is 0. The third-order valence-corrected chi connectivity index (χ3v) is 3.91. The molecule has 18 heavy (non-hydrogen) atoms. The number of aliphatic hydroxyl groups is 1. The van der Waals surface area contributed by atoms with Crippen LogP contribution in [0.4, 0.5) is 0 Å². The molecule has 1 atom stereocenters. The Balaban J connectivity index is 2.23. The minimum atomic E-state index is -0.400. The molecule has 1 aromatic rings. The van der Waals surface area contributed by atoms with Crippen molar-refractivity contribution >= 4 is 0 Å². The highest BCUT2D eigenvalue weighted by Crippen LogP contribution is 2.30. The first-order valence-corrected chi connectivity index (χ1v) is 7.12. The van der Waals surface area contributed by atoms with Gasteiger partial charge in [-0.25, -0.2) is 0 Å². The lowest BCUT2D eigenvalue weighted by atomic mass is 9.90. The van der Waals surface area contributed by atoms with E-state index >= 15 is 0 Å². The predicted molar refractivity (Wildman–Crippen MR) is 76.7 cm³/mol. The lowest BCUT2D eigenvalue weighted by Crippen LogP contribution is -2.05. The van der Waals surface area contributed by atoms with Crippen LogP contribution in [0, 0.1) is 13.8 Å². The Kier molecular flexibility index (Phi) is 4.60. The summed E-state index contributed by atoms with van der Waals surface area (Å²) in [6, 6.07) is 6.34. The molecule has 1 unspecified atom stereocenters. The Morgan fingerprint density at radius 3 is 2.67 bits per heavy atom.